The molecule has 3 aromatic rings. The summed E-state index contributed by atoms with van der Waals surface area (Å²) in [6.07, 6.45) is 0. The Labute approximate surface area is 170 Å². The minimum Gasteiger partial charge on any atom is -0.493 e. The summed E-state index contributed by atoms with van der Waals surface area (Å²) in [4.78, 5) is 0.389. The third-order valence-electron chi connectivity index (χ3n) is 4.04. The number of para-hydroxylation sites is 2. The average molecular weight is 408 g/mol. The molecule has 144 valence electrons. The van der Waals surface area contributed by atoms with Gasteiger partial charge in [-0.1, -0.05) is 41.6 Å². The van der Waals surface area contributed by atoms with Crippen LogP contribution in [0.1, 0.15) is 16.7 Å². The van der Waals surface area contributed by atoms with E-state index in [4.69, 9.17) is 9.47 Å². The van der Waals surface area contributed by atoms with Crippen LogP contribution in [0.3, 0.4) is 0 Å². The van der Waals surface area contributed by atoms with Crippen molar-refractivity contribution in [2.24, 2.45) is 0 Å². The minimum absolute atomic E-state index is 0.146. The summed E-state index contributed by atoms with van der Waals surface area (Å²) in [6.45, 7) is 1.90. The van der Waals surface area contributed by atoms with Crippen LogP contribution in [0.15, 0.2) is 58.3 Å². The van der Waals surface area contributed by atoms with Crippen molar-refractivity contribution in [3.8, 4) is 29.4 Å². The number of nitrogens with zero attached hydrogens (tertiary/aromatic N) is 2. The molecule has 0 spiro atoms. The van der Waals surface area contributed by atoms with E-state index in [0.29, 0.717) is 10.6 Å². The molecule has 0 aliphatic carbocycles. The number of methoxy groups -OCH3 is 1. The lowest BCUT2D eigenvalue weighted by Crippen LogP contribution is -2.03. The Kier molecular flexibility index (Phi) is 6.01. The van der Waals surface area contributed by atoms with E-state index >= 15 is 8.78 Å². The topological polar surface area (TPSA) is 66.0 Å². The molecule has 0 saturated carbocycles. The zero-order valence-corrected chi connectivity index (χ0v) is 16.3. The van der Waals surface area contributed by atoms with Gasteiger partial charge in [0.1, 0.15) is 23.3 Å². The molecule has 29 heavy (non-hydrogen) atoms. The van der Waals surface area contributed by atoms with Crippen LogP contribution in [0.25, 0.3) is 0 Å². The maximum atomic E-state index is 15.1. The van der Waals surface area contributed by atoms with Gasteiger partial charge in [0, 0.05) is 4.90 Å². The fourth-order valence-corrected chi connectivity index (χ4v) is 3.50. The van der Waals surface area contributed by atoms with Gasteiger partial charge < -0.3 is 9.47 Å². The highest BCUT2D eigenvalue weighted by atomic mass is 32.2. The first kappa shape index (κ1) is 20.2. The standard InChI is InChI=1S/C22H14F2N2O2S/c1-13-7-9-14(10-8-13)29-22-20(24)16(12-26)15(11-25)19(23)21(22)28-18-6-4-3-5-17(18)27-2/h3-10H,1-2H3. The zero-order valence-electron chi connectivity index (χ0n) is 15.5. The molecule has 0 radical (unpaired) electrons. The maximum absolute atomic E-state index is 15.1. The van der Waals surface area contributed by atoms with Crippen molar-refractivity contribution in [3.05, 3.63) is 76.9 Å². The predicted molar refractivity (Wildman–Crippen MR) is 104 cm³/mol. The van der Waals surface area contributed by atoms with E-state index in [-0.39, 0.29) is 10.6 Å². The highest BCUT2D eigenvalue weighted by Crippen LogP contribution is 2.44. The average Bonchev–Trinajstić information content (AvgIpc) is 2.74. The molecule has 0 aliphatic heterocycles. The molecular weight excluding hydrogens is 394 g/mol. The molecule has 4 nitrogen and oxygen atoms in total. The predicted octanol–water partition coefficient (Wildman–Crippen LogP) is 5.97. The van der Waals surface area contributed by atoms with Crippen LogP contribution in [0, 0.1) is 41.2 Å². The summed E-state index contributed by atoms with van der Waals surface area (Å²) in [5, 5.41) is 18.5. The summed E-state index contributed by atoms with van der Waals surface area (Å²) in [5.74, 6) is -2.14. The molecule has 0 unspecified atom stereocenters. The molecule has 0 atom stereocenters. The number of halogens is 2. The largest absolute Gasteiger partial charge is 0.493 e. The van der Waals surface area contributed by atoms with Crippen molar-refractivity contribution in [2.75, 3.05) is 7.11 Å². The van der Waals surface area contributed by atoms with Crippen molar-refractivity contribution in [1.82, 2.24) is 0 Å². The van der Waals surface area contributed by atoms with Crippen LogP contribution in [0.4, 0.5) is 8.78 Å². The first-order valence-electron chi connectivity index (χ1n) is 8.40. The molecule has 0 saturated heterocycles. The van der Waals surface area contributed by atoms with E-state index < -0.39 is 28.5 Å². The number of aryl methyl sites for hydroxylation is 1. The summed E-state index contributed by atoms with van der Waals surface area (Å²) in [6, 6.07) is 16.7. The van der Waals surface area contributed by atoms with Crippen LogP contribution < -0.4 is 9.47 Å². The second-order valence-electron chi connectivity index (χ2n) is 5.93. The molecule has 7 heteroatoms. The number of rotatable bonds is 5. The number of ether oxygens (including phenoxy) is 2. The van der Waals surface area contributed by atoms with E-state index in [1.807, 2.05) is 19.1 Å². The molecule has 0 aromatic heterocycles. The zero-order chi connectivity index (χ0) is 21.0. The summed E-state index contributed by atoms with van der Waals surface area (Å²) in [5.41, 5.74) is -0.362. The first-order valence-corrected chi connectivity index (χ1v) is 9.22. The van der Waals surface area contributed by atoms with Crippen LogP contribution in [-0.4, -0.2) is 7.11 Å². The van der Waals surface area contributed by atoms with Gasteiger partial charge in [0.15, 0.2) is 28.9 Å². The molecule has 0 bridgehead atoms. The van der Waals surface area contributed by atoms with E-state index in [1.54, 1.807) is 42.5 Å². The Morgan fingerprint density at radius 2 is 1.45 bits per heavy atom. The fourth-order valence-electron chi connectivity index (χ4n) is 2.58. The number of hydrogen-bond acceptors (Lipinski definition) is 5. The van der Waals surface area contributed by atoms with Gasteiger partial charge in [-0.05, 0) is 31.2 Å². The van der Waals surface area contributed by atoms with Crippen LogP contribution in [0.5, 0.6) is 17.2 Å². The Morgan fingerprint density at radius 3 is 2.03 bits per heavy atom. The van der Waals surface area contributed by atoms with E-state index in [0.717, 1.165) is 17.3 Å². The highest BCUT2D eigenvalue weighted by Gasteiger charge is 2.28. The van der Waals surface area contributed by atoms with Gasteiger partial charge in [-0.3, -0.25) is 0 Å². The van der Waals surface area contributed by atoms with Crippen molar-refractivity contribution < 1.29 is 18.3 Å². The number of nitriles is 2. The molecule has 3 aromatic carbocycles. The Hall–Kier alpha value is -3.55. The Balaban J connectivity index is 2.21. The second-order valence-corrected chi connectivity index (χ2v) is 7.01. The molecule has 0 amide bonds. The molecular formula is C22H14F2N2O2S. The quantitative estimate of drug-likeness (QED) is 0.520. The van der Waals surface area contributed by atoms with Crippen molar-refractivity contribution in [2.45, 2.75) is 16.7 Å². The molecule has 0 aliphatic rings. The molecule has 0 N–H and O–H groups in total. The fraction of sp³-hybridized carbons (Fsp3) is 0.0909. The second kappa shape index (κ2) is 8.64. The van der Waals surface area contributed by atoms with Gasteiger partial charge >= 0.3 is 0 Å². The van der Waals surface area contributed by atoms with E-state index in [1.165, 1.54) is 13.2 Å². The monoisotopic (exact) mass is 408 g/mol. The first-order chi connectivity index (χ1) is 14.0. The van der Waals surface area contributed by atoms with Gasteiger partial charge in [0.25, 0.3) is 0 Å². The lowest BCUT2D eigenvalue weighted by Gasteiger charge is -2.16. The Morgan fingerprint density at radius 1 is 0.862 bits per heavy atom. The van der Waals surface area contributed by atoms with E-state index in [2.05, 4.69) is 0 Å². The molecule has 0 heterocycles. The maximum Gasteiger partial charge on any atom is 0.186 e. The smallest absolute Gasteiger partial charge is 0.186 e. The SMILES string of the molecule is COc1ccccc1Oc1c(F)c(C#N)c(C#N)c(F)c1Sc1ccc(C)cc1. The third kappa shape index (κ3) is 4.01. The Bertz CT molecular complexity index is 1150. The van der Waals surface area contributed by atoms with Gasteiger partial charge in [-0.25, -0.2) is 8.78 Å². The van der Waals surface area contributed by atoms with Crippen LogP contribution >= 0.6 is 11.8 Å². The van der Waals surface area contributed by atoms with Crippen LogP contribution in [-0.2, 0) is 0 Å². The third-order valence-corrected chi connectivity index (χ3v) is 5.12. The van der Waals surface area contributed by atoms with Gasteiger partial charge in [-0.2, -0.15) is 10.5 Å². The summed E-state index contributed by atoms with van der Waals surface area (Å²) < 4.78 is 41.1. The number of benzene rings is 3. The van der Waals surface area contributed by atoms with Crippen molar-refractivity contribution in [3.63, 3.8) is 0 Å². The van der Waals surface area contributed by atoms with Gasteiger partial charge in [0.2, 0.25) is 0 Å². The van der Waals surface area contributed by atoms with Crippen molar-refractivity contribution >= 4 is 11.8 Å². The lowest BCUT2D eigenvalue weighted by atomic mass is 10.1. The molecule has 0 fully saturated rings. The summed E-state index contributed by atoms with van der Waals surface area (Å²) in [7, 11) is 1.42. The minimum atomic E-state index is -1.11. The highest BCUT2D eigenvalue weighted by molar-refractivity contribution is 7.99. The van der Waals surface area contributed by atoms with Crippen molar-refractivity contribution in [1.29, 1.82) is 10.5 Å². The number of hydrogen-bond donors (Lipinski definition) is 0. The lowest BCUT2D eigenvalue weighted by molar-refractivity contribution is 0.363. The summed E-state index contributed by atoms with van der Waals surface area (Å²) >= 11 is 0.904. The normalized spacial score (nSPS) is 10.1. The molecule has 3 rings (SSSR count). The van der Waals surface area contributed by atoms with Gasteiger partial charge in [0.05, 0.1) is 12.0 Å². The van der Waals surface area contributed by atoms with E-state index in [9.17, 15) is 10.5 Å². The van der Waals surface area contributed by atoms with Crippen LogP contribution in [0.2, 0.25) is 0 Å². The van der Waals surface area contributed by atoms with Gasteiger partial charge in [-0.15, -0.1) is 0 Å².